The van der Waals surface area contributed by atoms with Gasteiger partial charge < -0.3 is 10.8 Å². The Morgan fingerprint density at radius 3 is 2.50 bits per heavy atom. The molecule has 0 spiro atoms. The van der Waals surface area contributed by atoms with Crippen LogP contribution in [0.5, 0.6) is 0 Å². The maximum Gasteiger partial charge on any atom is 0.338 e. The molecule has 4 heteroatoms. The number of carbonyl (C=O) groups is 1. The average molecular weight is 121 g/mol. The number of alkyl halides is 1. The Bertz CT molecular complexity index is 86.1. The number of rotatable bonds is 3. The number of hydrogen-bond acceptors (Lipinski definition) is 2. The van der Waals surface area contributed by atoms with E-state index in [9.17, 15) is 9.18 Å². The molecule has 0 heterocycles. The number of aliphatic carboxylic acids is 1. The summed E-state index contributed by atoms with van der Waals surface area (Å²) >= 11 is 0. The first-order chi connectivity index (χ1) is 3.68. The summed E-state index contributed by atoms with van der Waals surface area (Å²) in [4.78, 5) is 9.66. The minimum absolute atomic E-state index is 0.0769. The predicted molar refractivity (Wildman–Crippen MR) is 26.2 cm³/mol. The standard InChI is InChI=1S/C4H8FNO2/c5-3(1-2-6)4(7)8/h3H,1-2,6H2,(H,7,8). The minimum Gasteiger partial charge on any atom is -0.479 e. The molecule has 0 aromatic rings. The van der Waals surface area contributed by atoms with E-state index in [0.29, 0.717) is 0 Å². The van der Waals surface area contributed by atoms with Crippen molar-refractivity contribution in [3.63, 3.8) is 0 Å². The summed E-state index contributed by atoms with van der Waals surface area (Å²) in [5, 5.41) is 7.88. The van der Waals surface area contributed by atoms with Crippen molar-refractivity contribution in [1.29, 1.82) is 0 Å². The van der Waals surface area contributed by atoms with Crippen LogP contribution in [-0.4, -0.2) is 23.8 Å². The first-order valence-electron chi connectivity index (χ1n) is 2.25. The first kappa shape index (κ1) is 7.36. The van der Waals surface area contributed by atoms with Gasteiger partial charge in [-0.05, 0) is 6.54 Å². The van der Waals surface area contributed by atoms with Crippen molar-refractivity contribution < 1.29 is 14.3 Å². The molecule has 0 radical (unpaired) electrons. The lowest BCUT2D eigenvalue weighted by Crippen LogP contribution is -2.18. The van der Waals surface area contributed by atoms with Gasteiger partial charge in [0.15, 0.2) is 6.17 Å². The van der Waals surface area contributed by atoms with E-state index in [1.807, 2.05) is 0 Å². The topological polar surface area (TPSA) is 63.3 Å². The Morgan fingerprint density at radius 1 is 1.88 bits per heavy atom. The zero-order chi connectivity index (χ0) is 6.57. The molecule has 48 valence electrons. The lowest BCUT2D eigenvalue weighted by atomic mass is 10.3. The molecule has 0 fully saturated rings. The lowest BCUT2D eigenvalue weighted by Gasteiger charge is -1.96. The lowest BCUT2D eigenvalue weighted by molar-refractivity contribution is -0.142. The Balaban J connectivity index is 3.32. The van der Waals surface area contributed by atoms with Gasteiger partial charge in [-0.15, -0.1) is 0 Å². The van der Waals surface area contributed by atoms with Crippen LogP contribution in [0.2, 0.25) is 0 Å². The van der Waals surface area contributed by atoms with E-state index in [-0.39, 0.29) is 13.0 Å². The molecule has 3 nitrogen and oxygen atoms in total. The molecular formula is C4H8FNO2. The maximum absolute atomic E-state index is 11.8. The summed E-state index contributed by atoms with van der Waals surface area (Å²) in [5.41, 5.74) is 4.86. The number of nitrogens with two attached hydrogens (primary N) is 1. The Morgan fingerprint density at radius 2 is 2.38 bits per heavy atom. The summed E-state index contributed by atoms with van der Waals surface area (Å²) in [6.45, 7) is 0.0769. The summed E-state index contributed by atoms with van der Waals surface area (Å²) in [5.74, 6) is -1.43. The molecule has 1 unspecified atom stereocenters. The Hall–Kier alpha value is -0.640. The molecule has 0 saturated heterocycles. The third kappa shape index (κ3) is 2.52. The maximum atomic E-state index is 11.8. The van der Waals surface area contributed by atoms with Crippen molar-refractivity contribution in [3.8, 4) is 0 Å². The van der Waals surface area contributed by atoms with E-state index in [1.54, 1.807) is 0 Å². The molecule has 0 aromatic carbocycles. The van der Waals surface area contributed by atoms with Crippen LogP contribution in [0.3, 0.4) is 0 Å². The molecule has 1 atom stereocenters. The van der Waals surface area contributed by atoms with Gasteiger partial charge in [0.05, 0.1) is 0 Å². The van der Waals surface area contributed by atoms with E-state index in [0.717, 1.165) is 0 Å². The van der Waals surface area contributed by atoms with Crippen LogP contribution in [0.1, 0.15) is 6.42 Å². The molecule has 0 bridgehead atoms. The number of carboxylic acid groups (broad SMARTS) is 1. The molecule has 8 heavy (non-hydrogen) atoms. The second kappa shape index (κ2) is 3.37. The SMILES string of the molecule is NCCC(F)C(=O)O. The molecular weight excluding hydrogens is 113 g/mol. The summed E-state index contributed by atoms with van der Waals surface area (Å²) < 4.78 is 11.8. The molecule has 0 aromatic heterocycles. The van der Waals surface area contributed by atoms with Crippen molar-refractivity contribution in [2.24, 2.45) is 5.73 Å². The van der Waals surface area contributed by atoms with Gasteiger partial charge in [-0.3, -0.25) is 0 Å². The van der Waals surface area contributed by atoms with E-state index in [4.69, 9.17) is 10.8 Å². The van der Waals surface area contributed by atoms with Crippen LogP contribution >= 0.6 is 0 Å². The van der Waals surface area contributed by atoms with Gasteiger partial charge in [-0.2, -0.15) is 0 Å². The van der Waals surface area contributed by atoms with Crippen molar-refractivity contribution >= 4 is 5.97 Å². The number of halogens is 1. The summed E-state index contributed by atoms with van der Waals surface area (Å²) in [6, 6.07) is 0. The highest BCUT2D eigenvalue weighted by Gasteiger charge is 2.12. The molecule has 0 amide bonds. The number of hydrogen-bond donors (Lipinski definition) is 2. The van der Waals surface area contributed by atoms with Crippen molar-refractivity contribution in [2.45, 2.75) is 12.6 Å². The van der Waals surface area contributed by atoms with Gasteiger partial charge in [0.25, 0.3) is 0 Å². The summed E-state index contributed by atoms with van der Waals surface area (Å²) in [7, 11) is 0. The fourth-order valence-electron chi connectivity index (χ4n) is 0.270. The third-order valence-corrected chi connectivity index (χ3v) is 0.688. The highest BCUT2D eigenvalue weighted by Crippen LogP contribution is 1.93. The van der Waals surface area contributed by atoms with E-state index < -0.39 is 12.1 Å². The molecule has 0 aliphatic heterocycles. The highest BCUT2D eigenvalue weighted by molar-refractivity contribution is 5.71. The van der Waals surface area contributed by atoms with E-state index >= 15 is 0 Å². The van der Waals surface area contributed by atoms with Gasteiger partial charge in [0.1, 0.15) is 0 Å². The zero-order valence-corrected chi connectivity index (χ0v) is 4.30. The zero-order valence-electron chi connectivity index (χ0n) is 4.30. The van der Waals surface area contributed by atoms with Gasteiger partial charge in [-0.25, -0.2) is 9.18 Å². The molecule has 0 rings (SSSR count). The van der Waals surface area contributed by atoms with Crippen LogP contribution in [0.4, 0.5) is 4.39 Å². The third-order valence-electron chi connectivity index (χ3n) is 0.688. The predicted octanol–water partition coefficient (Wildman–Crippen LogP) is -0.242. The largest absolute Gasteiger partial charge is 0.479 e. The van der Waals surface area contributed by atoms with Gasteiger partial charge in [0, 0.05) is 6.42 Å². The Labute approximate surface area is 46.3 Å². The molecule has 0 aliphatic carbocycles. The smallest absolute Gasteiger partial charge is 0.338 e. The van der Waals surface area contributed by atoms with Crippen LogP contribution < -0.4 is 5.73 Å². The first-order valence-corrected chi connectivity index (χ1v) is 2.25. The van der Waals surface area contributed by atoms with Crippen LogP contribution in [0, 0.1) is 0 Å². The van der Waals surface area contributed by atoms with Crippen LogP contribution in [-0.2, 0) is 4.79 Å². The summed E-state index contributed by atoms with van der Waals surface area (Å²) in [6.07, 6.45) is -1.89. The van der Waals surface area contributed by atoms with Crippen molar-refractivity contribution in [3.05, 3.63) is 0 Å². The fraction of sp³-hybridized carbons (Fsp3) is 0.750. The average Bonchev–Trinajstić information content (AvgIpc) is 1.67. The van der Waals surface area contributed by atoms with Crippen molar-refractivity contribution in [2.75, 3.05) is 6.54 Å². The van der Waals surface area contributed by atoms with Gasteiger partial charge in [-0.1, -0.05) is 0 Å². The second-order valence-electron chi connectivity index (χ2n) is 1.38. The normalized spacial score (nSPS) is 13.2. The molecule has 0 saturated carbocycles. The monoisotopic (exact) mass is 121 g/mol. The van der Waals surface area contributed by atoms with E-state index in [1.165, 1.54) is 0 Å². The molecule has 3 N–H and O–H groups in total. The van der Waals surface area contributed by atoms with Crippen LogP contribution in [0.25, 0.3) is 0 Å². The van der Waals surface area contributed by atoms with E-state index in [2.05, 4.69) is 0 Å². The Kier molecular flexibility index (Phi) is 3.10. The number of carboxylic acids is 1. The van der Waals surface area contributed by atoms with Gasteiger partial charge in [0.2, 0.25) is 0 Å². The molecule has 0 aliphatic rings. The highest BCUT2D eigenvalue weighted by atomic mass is 19.1. The second-order valence-corrected chi connectivity index (χ2v) is 1.38. The minimum atomic E-state index is -1.79. The van der Waals surface area contributed by atoms with Crippen LogP contribution in [0.15, 0.2) is 0 Å². The van der Waals surface area contributed by atoms with Gasteiger partial charge >= 0.3 is 5.97 Å². The fourth-order valence-corrected chi connectivity index (χ4v) is 0.270. The van der Waals surface area contributed by atoms with Crippen molar-refractivity contribution in [1.82, 2.24) is 0 Å². The quantitative estimate of drug-likeness (QED) is 0.541.